The van der Waals surface area contributed by atoms with Gasteiger partial charge in [-0.15, -0.1) is 0 Å². The zero-order chi connectivity index (χ0) is 16.6. The number of benzene rings is 1. The number of rotatable bonds is 3. The number of carbonyl (C=O) groups is 1. The Kier molecular flexibility index (Phi) is 3.77. The maximum absolute atomic E-state index is 13.6. The molecule has 23 heavy (non-hydrogen) atoms. The number of halogens is 3. The highest BCUT2D eigenvalue weighted by molar-refractivity contribution is 5.94. The molecule has 0 unspecified atom stereocenters. The number of hydrogen-bond donors (Lipinski definition) is 1. The van der Waals surface area contributed by atoms with Crippen LogP contribution in [0.1, 0.15) is 21.6 Å². The zero-order valence-electron chi connectivity index (χ0n) is 12.1. The number of nitrogens with zero attached hydrogens (tertiary/aromatic N) is 2. The van der Waals surface area contributed by atoms with E-state index in [2.05, 4.69) is 10.3 Å². The maximum atomic E-state index is 13.6. The van der Waals surface area contributed by atoms with Gasteiger partial charge in [0.1, 0.15) is 5.65 Å². The molecule has 0 spiro atoms. The van der Waals surface area contributed by atoms with E-state index >= 15 is 0 Å². The SMILES string of the molecule is Cc1cccn2cc(CNC(=O)c3ccc(F)c(F)c3F)nc12. The molecule has 3 rings (SSSR count). The number of nitrogens with one attached hydrogen (secondary N) is 1. The number of imidazole rings is 1. The summed E-state index contributed by atoms with van der Waals surface area (Å²) in [4.78, 5) is 16.3. The second kappa shape index (κ2) is 5.75. The van der Waals surface area contributed by atoms with Gasteiger partial charge in [-0.25, -0.2) is 18.2 Å². The Morgan fingerprint density at radius 1 is 1.22 bits per heavy atom. The Bertz CT molecular complexity index is 905. The standard InChI is InChI=1S/C16H12F3N3O/c1-9-3-2-6-22-8-10(21-15(9)22)7-20-16(23)11-4-5-12(17)14(19)13(11)18/h2-6,8H,7H2,1H3,(H,20,23). The first-order chi connectivity index (χ1) is 11.0. The molecule has 1 N–H and O–H groups in total. The van der Waals surface area contributed by atoms with E-state index in [0.29, 0.717) is 11.8 Å². The summed E-state index contributed by atoms with van der Waals surface area (Å²) in [6.45, 7) is 1.94. The van der Waals surface area contributed by atoms with E-state index in [1.54, 1.807) is 10.6 Å². The lowest BCUT2D eigenvalue weighted by molar-refractivity contribution is 0.0945. The topological polar surface area (TPSA) is 46.4 Å². The molecule has 0 radical (unpaired) electrons. The lowest BCUT2D eigenvalue weighted by Gasteiger charge is -2.05. The van der Waals surface area contributed by atoms with E-state index in [1.807, 2.05) is 25.3 Å². The van der Waals surface area contributed by atoms with Crippen molar-refractivity contribution < 1.29 is 18.0 Å². The first-order valence-corrected chi connectivity index (χ1v) is 6.82. The summed E-state index contributed by atoms with van der Waals surface area (Å²) in [5.74, 6) is -5.35. The Morgan fingerprint density at radius 2 is 2.00 bits per heavy atom. The molecule has 0 saturated heterocycles. The van der Waals surface area contributed by atoms with Crippen LogP contribution in [0.15, 0.2) is 36.7 Å². The first kappa shape index (κ1) is 15.1. The lowest BCUT2D eigenvalue weighted by Crippen LogP contribution is -2.24. The average molecular weight is 319 g/mol. The van der Waals surface area contributed by atoms with Crippen LogP contribution in [0.4, 0.5) is 13.2 Å². The van der Waals surface area contributed by atoms with Crippen LogP contribution in [-0.4, -0.2) is 15.3 Å². The highest BCUT2D eigenvalue weighted by atomic mass is 19.2. The van der Waals surface area contributed by atoms with Crippen LogP contribution in [0.3, 0.4) is 0 Å². The predicted octanol–water partition coefficient (Wildman–Crippen LogP) is 2.99. The van der Waals surface area contributed by atoms with Gasteiger partial charge in [0.05, 0.1) is 17.8 Å². The molecule has 0 fully saturated rings. The van der Waals surface area contributed by atoms with Gasteiger partial charge in [-0.2, -0.15) is 0 Å². The van der Waals surface area contributed by atoms with Gasteiger partial charge in [-0.05, 0) is 30.7 Å². The monoisotopic (exact) mass is 319 g/mol. The smallest absolute Gasteiger partial charge is 0.254 e. The van der Waals surface area contributed by atoms with Crippen LogP contribution in [0, 0.1) is 24.4 Å². The van der Waals surface area contributed by atoms with Crippen LogP contribution in [-0.2, 0) is 6.54 Å². The fourth-order valence-electron chi connectivity index (χ4n) is 2.26. The van der Waals surface area contributed by atoms with Crippen LogP contribution >= 0.6 is 0 Å². The molecule has 0 atom stereocenters. The molecular formula is C16H12F3N3O. The summed E-state index contributed by atoms with van der Waals surface area (Å²) in [5.41, 5.74) is 1.73. The molecule has 0 bridgehead atoms. The van der Waals surface area contributed by atoms with Gasteiger partial charge in [-0.1, -0.05) is 6.07 Å². The van der Waals surface area contributed by atoms with E-state index in [-0.39, 0.29) is 6.54 Å². The third-order valence-electron chi connectivity index (χ3n) is 3.44. The van der Waals surface area contributed by atoms with Crippen LogP contribution in [0.5, 0.6) is 0 Å². The number of carbonyl (C=O) groups excluding carboxylic acids is 1. The van der Waals surface area contributed by atoms with E-state index < -0.39 is 28.9 Å². The number of aryl methyl sites for hydroxylation is 1. The summed E-state index contributed by atoms with van der Waals surface area (Å²) >= 11 is 0. The van der Waals surface area contributed by atoms with Crippen molar-refractivity contribution in [1.82, 2.24) is 14.7 Å². The van der Waals surface area contributed by atoms with E-state index in [0.717, 1.165) is 17.3 Å². The maximum Gasteiger partial charge on any atom is 0.254 e. The van der Waals surface area contributed by atoms with Crippen molar-refractivity contribution in [2.45, 2.75) is 13.5 Å². The van der Waals surface area contributed by atoms with Crippen molar-refractivity contribution in [2.24, 2.45) is 0 Å². The van der Waals surface area contributed by atoms with Crippen molar-refractivity contribution in [3.8, 4) is 0 Å². The largest absolute Gasteiger partial charge is 0.346 e. The molecule has 0 aliphatic heterocycles. The van der Waals surface area contributed by atoms with Crippen LogP contribution in [0.2, 0.25) is 0 Å². The van der Waals surface area contributed by atoms with Gasteiger partial charge in [-0.3, -0.25) is 4.79 Å². The van der Waals surface area contributed by atoms with Crippen molar-refractivity contribution in [1.29, 1.82) is 0 Å². The van der Waals surface area contributed by atoms with Crippen molar-refractivity contribution in [3.63, 3.8) is 0 Å². The van der Waals surface area contributed by atoms with Crippen LogP contribution in [0.25, 0.3) is 5.65 Å². The molecule has 7 heteroatoms. The van der Waals surface area contributed by atoms with Gasteiger partial charge < -0.3 is 9.72 Å². The minimum absolute atomic E-state index is 0.0401. The molecule has 118 valence electrons. The Hall–Kier alpha value is -2.83. The summed E-state index contributed by atoms with van der Waals surface area (Å²) in [6, 6.07) is 5.38. The zero-order valence-corrected chi connectivity index (χ0v) is 12.1. The van der Waals surface area contributed by atoms with Gasteiger partial charge in [0, 0.05) is 12.4 Å². The molecule has 0 saturated carbocycles. The Labute approximate surface area is 129 Å². The van der Waals surface area contributed by atoms with E-state index in [9.17, 15) is 18.0 Å². The molecule has 2 aromatic heterocycles. The fraction of sp³-hybridized carbons (Fsp3) is 0.125. The fourth-order valence-corrected chi connectivity index (χ4v) is 2.26. The third kappa shape index (κ3) is 2.77. The molecule has 4 nitrogen and oxygen atoms in total. The van der Waals surface area contributed by atoms with Gasteiger partial charge in [0.15, 0.2) is 17.5 Å². The number of fused-ring (bicyclic) bond motifs is 1. The molecule has 2 heterocycles. The quantitative estimate of drug-likeness (QED) is 0.755. The normalized spacial score (nSPS) is 11.0. The Balaban J connectivity index is 1.78. The summed E-state index contributed by atoms with van der Waals surface area (Å²) < 4.78 is 41.4. The first-order valence-electron chi connectivity index (χ1n) is 6.82. The second-order valence-corrected chi connectivity index (χ2v) is 5.06. The summed E-state index contributed by atoms with van der Waals surface area (Å²) in [5, 5.41) is 2.44. The van der Waals surface area contributed by atoms with E-state index in [1.165, 1.54) is 0 Å². The molecule has 0 aliphatic rings. The average Bonchev–Trinajstić information content (AvgIpc) is 2.95. The predicted molar refractivity (Wildman–Crippen MR) is 77.4 cm³/mol. The van der Waals surface area contributed by atoms with Crippen molar-refractivity contribution in [3.05, 3.63) is 70.9 Å². The van der Waals surface area contributed by atoms with Crippen LogP contribution < -0.4 is 5.32 Å². The number of amides is 1. The minimum Gasteiger partial charge on any atom is -0.346 e. The minimum atomic E-state index is -1.67. The third-order valence-corrected chi connectivity index (χ3v) is 3.44. The molecule has 3 aromatic rings. The van der Waals surface area contributed by atoms with Crippen molar-refractivity contribution >= 4 is 11.6 Å². The summed E-state index contributed by atoms with van der Waals surface area (Å²) in [7, 11) is 0. The molecule has 0 aliphatic carbocycles. The molecular weight excluding hydrogens is 307 g/mol. The van der Waals surface area contributed by atoms with E-state index in [4.69, 9.17) is 0 Å². The number of hydrogen-bond acceptors (Lipinski definition) is 2. The van der Waals surface area contributed by atoms with Gasteiger partial charge in [0.2, 0.25) is 0 Å². The molecule has 1 aromatic carbocycles. The van der Waals surface area contributed by atoms with Gasteiger partial charge >= 0.3 is 0 Å². The number of pyridine rings is 1. The number of aromatic nitrogens is 2. The Morgan fingerprint density at radius 3 is 2.74 bits per heavy atom. The highest BCUT2D eigenvalue weighted by Crippen LogP contribution is 2.15. The second-order valence-electron chi connectivity index (χ2n) is 5.06. The lowest BCUT2D eigenvalue weighted by atomic mass is 10.2. The van der Waals surface area contributed by atoms with Crippen molar-refractivity contribution in [2.75, 3.05) is 0 Å². The molecule has 1 amide bonds. The highest BCUT2D eigenvalue weighted by Gasteiger charge is 2.18. The van der Waals surface area contributed by atoms with Gasteiger partial charge in [0.25, 0.3) is 5.91 Å². The summed E-state index contributed by atoms with van der Waals surface area (Å²) in [6.07, 6.45) is 3.54.